The second-order valence-corrected chi connectivity index (χ2v) is 8.65. The van der Waals surface area contributed by atoms with Crippen LogP contribution in [0.1, 0.15) is 28.8 Å². The summed E-state index contributed by atoms with van der Waals surface area (Å²) in [5.41, 5.74) is 2.64. The zero-order chi connectivity index (χ0) is 17.9. The molecule has 3 nitrogen and oxygen atoms in total. The second kappa shape index (κ2) is 7.80. The summed E-state index contributed by atoms with van der Waals surface area (Å²) in [5, 5.41) is 1.69. The van der Waals surface area contributed by atoms with E-state index in [0.29, 0.717) is 6.54 Å². The van der Waals surface area contributed by atoms with Gasteiger partial charge in [0, 0.05) is 17.2 Å². The van der Waals surface area contributed by atoms with Gasteiger partial charge in [0.25, 0.3) is 5.56 Å². The van der Waals surface area contributed by atoms with Crippen LogP contribution in [-0.4, -0.2) is 15.3 Å². The van der Waals surface area contributed by atoms with Gasteiger partial charge in [0.2, 0.25) is 0 Å². The molecule has 4 rings (SSSR count). The van der Waals surface area contributed by atoms with E-state index in [-0.39, 0.29) is 5.56 Å². The molecule has 0 spiro atoms. The second-order valence-electron chi connectivity index (χ2n) is 6.58. The highest BCUT2D eigenvalue weighted by atomic mass is 32.2. The van der Waals surface area contributed by atoms with Crippen molar-refractivity contribution in [3.05, 3.63) is 69.3 Å². The van der Waals surface area contributed by atoms with Crippen LogP contribution in [0.15, 0.2) is 52.9 Å². The maximum Gasteiger partial charge on any atom is 0.263 e. The third kappa shape index (κ3) is 3.38. The van der Waals surface area contributed by atoms with Crippen LogP contribution in [0.3, 0.4) is 0 Å². The molecular weight excluding hydrogens is 360 g/mol. The summed E-state index contributed by atoms with van der Waals surface area (Å²) in [6, 6.07) is 10.3. The van der Waals surface area contributed by atoms with Crippen LogP contribution in [0, 0.1) is 0 Å². The molecule has 0 aliphatic heterocycles. The highest BCUT2D eigenvalue weighted by molar-refractivity contribution is 7.99. The molecule has 5 heteroatoms. The highest BCUT2D eigenvalue weighted by Crippen LogP contribution is 2.34. The van der Waals surface area contributed by atoms with E-state index in [1.54, 1.807) is 23.1 Å². The summed E-state index contributed by atoms with van der Waals surface area (Å²) in [6.07, 6.45) is 7.21. The number of rotatable bonds is 6. The molecule has 0 fully saturated rings. The first-order chi connectivity index (χ1) is 12.8. The summed E-state index contributed by atoms with van der Waals surface area (Å²) in [4.78, 5) is 20.5. The molecule has 26 heavy (non-hydrogen) atoms. The van der Waals surface area contributed by atoms with Gasteiger partial charge in [-0.2, -0.15) is 0 Å². The molecule has 1 aliphatic rings. The Balaban J connectivity index is 1.78. The van der Waals surface area contributed by atoms with E-state index in [1.807, 2.05) is 28.8 Å². The van der Waals surface area contributed by atoms with Crippen molar-refractivity contribution in [2.24, 2.45) is 0 Å². The average Bonchev–Trinajstić information content (AvgIpc) is 3.05. The first-order valence-corrected chi connectivity index (χ1v) is 10.9. The zero-order valence-electron chi connectivity index (χ0n) is 14.7. The molecule has 134 valence electrons. The van der Waals surface area contributed by atoms with E-state index in [0.717, 1.165) is 40.4 Å². The number of aromatic nitrogens is 2. The SMILES string of the molecule is C=CCSc1nc2sc3c(c2c(=O)n1CCc1ccccc1)CCCC3. The lowest BCUT2D eigenvalue weighted by molar-refractivity contribution is 0.595. The predicted molar refractivity (Wildman–Crippen MR) is 112 cm³/mol. The van der Waals surface area contributed by atoms with Crippen molar-refractivity contribution < 1.29 is 0 Å². The number of thioether (sulfide) groups is 1. The van der Waals surface area contributed by atoms with Gasteiger partial charge >= 0.3 is 0 Å². The van der Waals surface area contributed by atoms with E-state index >= 15 is 0 Å². The molecule has 0 N–H and O–H groups in total. The van der Waals surface area contributed by atoms with E-state index in [1.165, 1.54) is 28.8 Å². The van der Waals surface area contributed by atoms with Crippen molar-refractivity contribution in [3.8, 4) is 0 Å². The minimum absolute atomic E-state index is 0.136. The third-order valence-electron chi connectivity index (χ3n) is 4.84. The van der Waals surface area contributed by atoms with Gasteiger partial charge in [0.15, 0.2) is 5.16 Å². The molecule has 0 bridgehead atoms. The fourth-order valence-electron chi connectivity index (χ4n) is 3.55. The van der Waals surface area contributed by atoms with Gasteiger partial charge in [-0.05, 0) is 43.2 Å². The molecule has 0 radical (unpaired) electrons. The Labute approximate surface area is 161 Å². The van der Waals surface area contributed by atoms with E-state index < -0.39 is 0 Å². The number of nitrogens with zero attached hydrogens (tertiary/aromatic N) is 2. The number of thiophene rings is 1. The molecule has 2 aromatic heterocycles. The summed E-state index contributed by atoms with van der Waals surface area (Å²) in [6.45, 7) is 4.47. The first-order valence-electron chi connectivity index (χ1n) is 9.10. The van der Waals surface area contributed by atoms with Crippen LogP contribution in [0.5, 0.6) is 0 Å². The van der Waals surface area contributed by atoms with Crippen molar-refractivity contribution in [2.45, 2.75) is 43.8 Å². The lowest BCUT2D eigenvalue weighted by Crippen LogP contribution is -2.24. The molecule has 1 aliphatic carbocycles. The number of hydrogen-bond acceptors (Lipinski definition) is 4. The number of aryl methyl sites for hydroxylation is 3. The third-order valence-corrected chi connectivity index (χ3v) is 6.99. The van der Waals surface area contributed by atoms with Gasteiger partial charge in [-0.15, -0.1) is 17.9 Å². The van der Waals surface area contributed by atoms with E-state index in [9.17, 15) is 4.79 Å². The van der Waals surface area contributed by atoms with Gasteiger partial charge in [0.05, 0.1) is 5.39 Å². The van der Waals surface area contributed by atoms with Crippen LogP contribution in [0.4, 0.5) is 0 Å². The lowest BCUT2D eigenvalue weighted by Gasteiger charge is -2.13. The Morgan fingerprint density at radius 1 is 1.23 bits per heavy atom. The van der Waals surface area contributed by atoms with Crippen LogP contribution in [0.2, 0.25) is 0 Å². The molecule has 0 atom stereocenters. The minimum atomic E-state index is 0.136. The van der Waals surface area contributed by atoms with E-state index in [4.69, 9.17) is 4.98 Å². The Morgan fingerprint density at radius 3 is 2.85 bits per heavy atom. The fraction of sp³-hybridized carbons (Fsp3) is 0.333. The number of hydrogen-bond donors (Lipinski definition) is 0. The van der Waals surface area contributed by atoms with Crippen LogP contribution >= 0.6 is 23.1 Å². The summed E-state index contributed by atoms with van der Waals surface area (Å²) >= 11 is 3.32. The van der Waals surface area contributed by atoms with Gasteiger partial charge in [0.1, 0.15) is 4.83 Å². The lowest BCUT2D eigenvalue weighted by atomic mass is 9.97. The molecule has 3 aromatic rings. The molecule has 0 amide bonds. The Bertz CT molecular complexity index is 989. The average molecular weight is 383 g/mol. The van der Waals surface area contributed by atoms with Crippen molar-refractivity contribution >= 4 is 33.3 Å². The molecule has 0 saturated heterocycles. The largest absolute Gasteiger partial charge is 0.287 e. The quantitative estimate of drug-likeness (QED) is 0.347. The molecular formula is C21H22N2OS2. The van der Waals surface area contributed by atoms with Crippen LogP contribution < -0.4 is 5.56 Å². The highest BCUT2D eigenvalue weighted by Gasteiger charge is 2.22. The van der Waals surface area contributed by atoms with Gasteiger partial charge in [-0.3, -0.25) is 9.36 Å². The monoisotopic (exact) mass is 382 g/mol. The standard InChI is InChI=1S/C21H22N2OS2/c1-2-14-25-21-22-19-18(16-10-6-7-11-17(16)26-19)20(24)23(21)13-12-15-8-4-3-5-9-15/h2-5,8-9H,1,6-7,10-14H2. The summed E-state index contributed by atoms with van der Waals surface area (Å²) in [5.74, 6) is 0.758. The van der Waals surface area contributed by atoms with Crippen LogP contribution in [0.25, 0.3) is 10.2 Å². The Hall–Kier alpha value is -1.85. The Morgan fingerprint density at radius 2 is 2.04 bits per heavy atom. The predicted octanol–water partition coefficient (Wildman–Crippen LogP) is 4.86. The van der Waals surface area contributed by atoms with E-state index in [2.05, 4.69) is 18.7 Å². The molecule has 0 saturated carbocycles. The summed E-state index contributed by atoms with van der Waals surface area (Å²) in [7, 11) is 0. The first kappa shape index (κ1) is 17.6. The fourth-order valence-corrected chi connectivity index (χ4v) is 5.61. The zero-order valence-corrected chi connectivity index (χ0v) is 16.4. The van der Waals surface area contributed by atoms with Gasteiger partial charge in [-0.1, -0.05) is 48.2 Å². The number of benzene rings is 1. The normalized spacial score (nSPS) is 13.7. The molecule has 1 aromatic carbocycles. The van der Waals surface area contributed by atoms with Crippen molar-refractivity contribution in [1.82, 2.24) is 9.55 Å². The van der Waals surface area contributed by atoms with Crippen molar-refractivity contribution in [1.29, 1.82) is 0 Å². The van der Waals surface area contributed by atoms with Crippen molar-refractivity contribution in [2.75, 3.05) is 5.75 Å². The maximum atomic E-state index is 13.4. The van der Waals surface area contributed by atoms with Gasteiger partial charge < -0.3 is 0 Å². The van der Waals surface area contributed by atoms with Gasteiger partial charge in [-0.25, -0.2) is 4.98 Å². The smallest absolute Gasteiger partial charge is 0.263 e. The van der Waals surface area contributed by atoms with Crippen LogP contribution in [-0.2, 0) is 25.8 Å². The minimum Gasteiger partial charge on any atom is -0.287 e. The summed E-state index contributed by atoms with van der Waals surface area (Å²) < 4.78 is 1.88. The maximum absolute atomic E-state index is 13.4. The Kier molecular flexibility index (Phi) is 5.27. The number of fused-ring (bicyclic) bond motifs is 3. The molecule has 2 heterocycles. The van der Waals surface area contributed by atoms with Crippen molar-refractivity contribution in [3.63, 3.8) is 0 Å². The topological polar surface area (TPSA) is 34.9 Å². The molecule has 0 unspecified atom stereocenters.